The molecule has 1 atom stereocenters. The first-order valence-electron chi connectivity index (χ1n) is 12.4. The van der Waals surface area contributed by atoms with Crippen LogP contribution in [0.4, 0.5) is 5.69 Å². The van der Waals surface area contributed by atoms with Gasteiger partial charge in [-0.3, -0.25) is 4.90 Å². The number of rotatable bonds is 5. The average Bonchev–Trinajstić information content (AvgIpc) is 3.15. The van der Waals surface area contributed by atoms with Crippen LogP contribution < -0.4 is 5.32 Å². The highest BCUT2D eigenvalue weighted by Gasteiger charge is 2.37. The molecule has 174 valence electrons. The van der Waals surface area contributed by atoms with E-state index in [2.05, 4.69) is 77.5 Å². The maximum atomic E-state index is 3.58. The minimum atomic E-state index is 0.294. The number of nitrogens with zero attached hydrogens (tertiary/aromatic N) is 3. The van der Waals surface area contributed by atoms with Crippen LogP contribution in [0.5, 0.6) is 0 Å². The van der Waals surface area contributed by atoms with E-state index in [-0.39, 0.29) is 0 Å². The zero-order valence-electron chi connectivity index (χ0n) is 20.7. The first kappa shape index (κ1) is 24.5. The predicted molar refractivity (Wildman–Crippen MR) is 138 cm³/mol. The van der Waals surface area contributed by atoms with Gasteiger partial charge in [0.05, 0.1) is 0 Å². The van der Waals surface area contributed by atoms with E-state index in [0.717, 1.165) is 12.6 Å². The molecule has 1 aromatic rings. The van der Waals surface area contributed by atoms with Crippen molar-refractivity contribution >= 4 is 17.4 Å². The number of allylic oxidation sites excluding steroid dienone is 1. The third-order valence-electron chi connectivity index (χ3n) is 7.42. The number of hydrogen-bond donors (Lipinski definition) is 1. The van der Waals surface area contributed by atoms with Gasteiger partial charge in [-0.15, -0.1) is 0 Å². The van der Waals surface area contributed by atoms with Gasteiger partial charge in [0.25, 0.3) is 0 Å². The Morgan fingerprint density at radius 2 is 1.68 bits per heavy atom. The molecule has 3 heterocycles. The Morgan fingerprint density at radius 1 is 1.03 bits per heavy atom. The van der Waals surface area contributed by atoms with Gasteiger partial charge in [-0.25, -0.2) is 0 Å². The lowest BCUT2D eigenvalue weighted by Crippen LogP contribution is -2.52. The molecular formula is C26H44N4S. The minimum absolute atomic E-state index is 0.294. The Morgan fingerprint density at radius 3 is 2.26 bits per heavy atom. The normalized spacial score (nSPS) is 25.0. The van der Waals surface area contributed by atoms with Crippen molar-refractivity contribution < 1.29 is 0 Å². The number of likely N-dealkylation sites (tertiary alicyclic amines) is 2. The number of hydrogen-bond acceptors (Lipinski definition) is 5. The molecule has 0 spiro atoms. The lowest BCUT2D eigenvalue weighted by Gasteiger charge is -2.47. The summed E-state index contributed by atoms with van der Waals surface area (Å²) >= 11 is 1.97. The van der Waals surface area contributed by atoms with Crippen LogP contribution in [0.3, 0.4) is 0 Å². The van der Waals surface area contributed by atoms with E-state index in [1.54, 1.807) is 0 Å². The van der Waals surface area contributed by atoms with E-state index >= 15 is 0 Å². The summed E-state index contributed by atoms with van der Waals surface area (Å²) in [6.45, 7) is 16.8. The zero-order valence-corrected chi connectivity index (χ0v) is 21.5. The van der Waals surface area contributed by atoms with Crippen LogP contribution in [-0.4, -0.2) is 66.0 Å². The van der Waals surface area contributed by atoms with E-state index in [1.165, 1.54) is 68.8 Å². The highest BCUT2D eigenvalue weighted by atomic mass is 32.2. The van der Waals surface area contributed by atoms with Gasteiger partial charge in [0.15, 0.2) is 0 Å². The van der Waals surface area contributed by atoms with Gasteiger partial charge in [-0.1, -0.05) is 50.7 Å². The molecule has 4 rings (SSSR count). The number of benzene rings is 1. The quantitative estimate of drug-likeness (QED) is 0.619. The van der Waals surface area contributed by atoms with E-state index in [9.17, 15) is 0 Å². The average molecular weight is 445 g/mol. The SMILES string of the molecule is CC.CCNc1ccccc1C1(C)CCN(C2CCN(C3SC=C(C)N3C)CC2)CC1. The van der Waals surface area contributed by atoms with Crippen LogP contribution in [0.25, 0.3) is 0 Å². The summed E-state index contributed by atoms with van der Waals surface area (Å²) in [5.41, 5.74) is 5.06. The molecule has 0 bridgehead atoms. The fourth-order valence-electron chi connectivity index (χ4n) is 5.32. The van der Waals surface area contributed by atoms with Gasteiger partial charge in [0.1, 0.15) is 5.50 Å². The second-order valence-corrected chi connectivity index (χ2v) is 10.2. The van der Waals surface area contributed by atoms with Crippen LogP contribution in [0, 0.1) is 0 Å². The molecular weight excluding hydrogens is 400 g/mol. The smallest absolute Gasteiger partial charge is 0.134 e. The van der Waals surface area contributed by atoms with Crippen molar-refractivity contribution in [1.82, 2.24) is 14.7 Å². The highest BCUT2D eigenvalue weighted by Crippen LogP contribution is 2.40. The summed E-state index contributed by atoms with van der Waals surface area (Å²) in [5, 5.41) is 5.90. The first-order chi connectivity index (χ1) is 15.0. The molecule has 2 fully saturated rings. The molecule has 1 unspecified atom stereocenters. The highest BCUT2D eigenvalue weighted by molar-refractivity contribution is 8.02. The Balaban J connectivity index is 0.00000132. The van der Waals surface area contributed by atoms with E-state index in [0.29, 0.717) is 10.9 Å². The maximum absolute atomic E-state index is 3.58. The summed E-state index contributed by atoms with van der Waals surface area (Å²) in [4.78, 5) is 7.90. The molecule has 3 aliphatic heterocycles. The van der Waals surface area contributed by atoms with Gasteiger partial charge >= 0.3 is 0 Å². The number of anilines is 1. The van der Waals surface area contributed by atoms with Gasteiger partial charge in [0, 0.05) is 44.1 Å². The van der Waals surface area contributed by atoms with Crippen molar-refractivity contribution in [2.24, 2.45) is 0 Å². The summed E-state index contributed by atoms with van der Waals surface area (Å²) < 4.78 is 0. The Hall–Kier alpha value is -1.17. The molecule has 0 saturated carbocycles. The largest absolute Gasteiger partial charge is 0.385 e. The summed E-state index contributed by atoms with van der Waals surface area (Å²) in [6, 6.07) is 9.73. The van der Waals surface area contributed by atoms with Crippen molar-refractivity contribution in [1.29, 1.82) is 0 Å². The molecule has 0 amide bonds. The molecule has 3 aliphatic rings. The molecule has 0 aliphatic carbocycles. The van der Waals surface area contributed by atoms with E-state index in [4.69, 9.17) is 0 Å². The van der Waals surface area contributed by atoms with Gasteiger partial charge in [-0.05, 0) is 75.1 Å². The van der Waals surface area contributed by atoms with Gasteiger partial charge < -0.3 is 15.1 Å². The lowest BCUT2D eigenvalue weighted by molar-refractivity contribution is 0.0514. The standard InChI is InChI=1S/C24H38N4S.C2H6/c1-5-25-22-9-7-6-8-21(22)24(3)12-16-27(17-13-24)20-10-14-28(15-11-20)23-26(4)19(2)18-29-23;1-2/h6-9,18,20,23,25H,5,10-17H2,1-4H3;1-2H3. The molecule has 0 radical (unpaired) electrons. The summed E-state index contributed by atoms with van der Waals surface area (Å²) in [6.07, 6.45) is 5.16. The zero-order chi connectivity index (χ0) is 22.4. The topological polar surface area (TPSA) is 21.8 Å². The van der Waals surface area contributed by atoms with Crippen LogP contribution in [0.1, 0.15) is 65.9 Å². The summed E-state index contributed by atoms with van der Waals surface area (Å²) in [7, 11) is 2.24. The molecule has 0 aromatic heterocycles. The van der Waals surface area contributed by atoms with Gasteiger partial charge in [0.2, 0.25) is 0 Å². The number of piperidine rings is 2. The van der Waals surface area contributed by atoms with E-state index < -0.39 is 0 Å². The van der Waals surface area contributed by atoms with Crippen molar-refractivity contribution in [2.75, 3.05) is 45.1 Å². The maximum Gasteiger partial charge on any atom is 0.134 e. The van der Waals surface area contributed by atoms with Crippen molar-refractivity contribution in [3.8, 4) is 0 Å². The Kier molecular flexibility index (Phi) is 8.77. The Bertz CT molecular complexity index is 718. The van der Waals surface area contributed by atoms with Crippen LogP contribution in [0.15, 0.2) is 35.4 Å². The van der Waals surface area contributed by atoms with Crippen molar-refractivity contribution in [2.45, 2.75) is 77.3 Å². The van der Waals surface area contributed by atoms with Crippen molar-refractivity contribution in [3.05, 3.63) is 40.9 Å². The fraction of sp³-hybridized carbons (Fsp3) is 0.692. The Labute approximate surface area is 195 Å². The van der Waals surface area contributed by atoms with Gasteiger partial charge in [-0.2, -0.15) is 0 Å². The first-order valence-corrected chi connectivity index (χ1v) is 13.3. The van der Waals surface area contributed by atoms with Crippen molar-refractivity contribution in [3.63, 3.8) is 0 Å². The number of para-hydroxylation sites is 1. The monoisotopic (exact) mass is 444 g/mol. The molecule has 1 N–H and O–H groups in total. The molecule has 5 heteroatoms. The molecule has 2 saturated heterocycles. The van der Waals surface area contributed by atoms with E-state index in [1.807, 2.05) is 25.6 Å². The minimum Gasteiger partial charge on any atom is -0.385 e. The lowest BCUT2D eigenvalue weighted by atomic mass is 9.73. The van der Waals surface area contributed by atoms with Crippen LogP contribution >= 0.6 is 11.8 Å². The number of thioether (sulfide) groups is 1. The van der Waals surface area contributed by atoms with Crippen LogP contribution in [0.2, 0.25) is 0 Å². The molecule has 4 nitrogen and oxygen atoms in total. The molecule has 1 aromatic carbocycles. The van der Waals surface area contributed by atoms with Crippen LogP contribution in [-0.2, 0) is 5.41 Å². The fourth-order valence-corrected chi connectivity index (χ4v) is 6.53. The second-order valence-electron chi connectivity index (χ2n) is 9.27. The summed E-state index contributed by atoms with van der Waals surface area (Å²) in [5.74, 6) is 0. The number of nitrogens with one attached hydrogen (secondary N) is 1. The third-order valence-corrected chi connectivity index (χ3v) is 8.76. The predicted octanol–water partition coefficient (Wildman–Crippen LogP) is 5.79. The second kappa shape index (κ2) is 11.1. The third kappa shape index (κ3) is 5.43. The molecule has 31 heavy (non-hydrogen) atoms.